The average Bonchev–Trinajstić information content (AvgIpc) is 2.91. The SMILES string of the molecule is CN(Cc1cccc(C(F)(F)F)c1)C(=O)Nc1ccon1. The minimum Gasteiger partial charge on any atom is -0.363 e. The highest BCUT2D eigenvalue weighted by atomic mass is 19.4. The van der Waals surface area contributed by atoms with Crippen molar-refractivity contribution < 1.29 is 22.5 Å². The number of rotatable bonds is 3. The van der Waals surface area contributed by atoms with Gasteiger partial charge < -0.3 is 9.42 Å². The zero-order chi connectivity index (χ0) is 15.5. The van der Waals surface area contributed by atoms with Gasteiger partial charge in [-0.25, -0.2) is 4.79 Å². The first-order valence-electron chi connectivity index (χ1n) is 5.95. The van der Waals surface area contributed by atoms with Crippen LogP contribution in [0.15, 0.2) is 41.1 Å². The van der Waals surface area contributed by atoms with Gasteiger partial charge in [-0.05, 0) is 17.7 Å². The number of hydrogen-bond acceptors (Lipinski definition) is 3. The Balaban J connectivity index is 2.02. The van der Waals surface area contributed by atoms with Crippen LogP contribution in [-0.4, -0.2) is 23.1 Å². The molecule has 1 aromatic heterocycles. The summed E-state index contributed by atoms with van der Waals surface area (Å²) in [6.45, 7) is 0.0353. The molecule has 2 aromatic rings. The molecule has 0 saturated heterocycles. The van der Waals surface area contributed by atoms with E-state index in [0.717, 1.165) is 12.1 Å². The van der Waals surface area contributed by atoms with E-state index in [1.54, 1.807) is 0 Å². The normalized spacial score (nSPS) is 11.2. The van der Waals surface area contributed by atoms with Gasteiger partial charge in [0.05, 0.1) is 5.56 Å². The van der Waals surface area contributed by atoms with Crippen molar-refractivity contribution in [3.63, 3.8) is 0 Å². The fraction of sp³-hybridized carbons (Fsp3) is 0.231. The van der Waals surface area contributed by atoms with E-state index in [4.69, 9.17) is 0 Å². The maximum atomic E-state index is 12.6. The third kappa shape index (κ3) is 3.98. The molecule has 0 atom stereocenters. The van der Waals surface area contributed by atoms with Crippen LogP contribution in [0.25, 0.3) is 0 Å². The number of carbonyl (C=O) groups is 1. The maximum absolute atomic E-state index is 12.6. The Labute approximate surface area is 118 Å². The first-order chi connectivity index (χ1) is 9.86. The number of amides is 2. The molecule has 0 aliphatic carbocycles. The monoisotopic (exact) mass is 299 g/mol. The minimum atomic E-state index is -4.41. The maximum Gasteiger partial charge on any atom is 0.416 e. The van der Waals surface area contributed by atoms with Crippen LogP contribution in [0.5, 0.6) is 0 Å². The number of hydrogen-bond donors (Lipinski definition) is 1. The topological polar surface area (TPSA) is 58.4 Å². The predicted octanol–water partition coefficient (Wildman–Crippen LogP) is 3.36. The molecule has 2 rings (SSSR count). The molecule has 5 nitrogen and oxygen atoms in total. The molecule has 8 heteroatoms. The zero-order valence-electron chi connectivity index (χ0n) is 11.0. The predicted molar refractivity (Wildman–Crippen MR) is 68.4 cm³/mol. The summed E-state index contributed by atoms with van der Waals surface area (Å²) < 4.78 is 42.4. The second-order valence-electron chi connectivity index (χ2n) is 4.37. The van der Waals surface area contributed by atoms with Crippen molar-refractivity contribution in [3.05, 3.63) is 47.7 Å². The van der Waals surface area contributed by atoms with Gasteiger partial charge in [0, 0.05) is 19.7 Å². The largest absolute Gasteiger partial charge is 0.416 e. The minimum absolute atomic E-state index is 0.0353. The molecule has 0 bridgehead atoms. The smallest absolute Gasteiger partial charge is 0.363 e. The standard InChI is InChI=1S/C13H12F3N3O2/c1-19(12(20)17-11-5-6-21-18-11)8-9-3-2-4-10(7-9)13(14,15)16/h2-7H,8H2,1H3,(H,17,18,20). The summed E-state index contributed by atoms with van der Waals surface area (Å²) in [5.74, 6) is 0.232. The molecule has 1 heterocycles. The Bertz CT molecular complexity index is 611. The van der Waals surface area contributed by atoms with Crippen molar-refractivity contribution in [2.75, 3.05) is 12.4 Å². The van der Waals surface area contributed by atoms with Crippen molar-refractivity contribution in [3.8, 4) is 0 Å². The van der Waals surface area contributed by atoms with Gasteiger partial charge in [-0.2, -0.15) is 13.2 Å². The van der Waals surface area contributed by atoms with E-state index >= 15 is 0 Å². The van der Waals surface area contributed by atoms with Gasteiger partial charge >= 0.3 is 12.2 Å². The lowest BCUT2D eigenvalue weighted by atomic mass is 10.1. The van der Waals surface area contributed by atoms with Crippen molar-refractivity contribution >= 4 is 11.8 Å². The van der Waals surface area contributed by atoms with Gasteiger partial charge in [0.15, 0.2) is 5.82 Å². The molecule has 2 amide bonds. The number of nitrogens with one attached hydrogen (secondary N) is 1. The van der Waals surface area contributed by atoms with Crippen molar-refractivity contribution in [1.29, 1.82) is 0 Å². The second kappa shape index (κ2) is 5.86. The summed E-state index contributed by atoms with van der Waals surface area (Å²) in [4.78, 5) is 13.0. The van der Waals surface area contributed by atoms with Crippen LogP contribution in [-0.2, 0) is 12.7 Å². The summed E-state index contributed by atoms with van der Waals surface area (Å²) >= 11 is 0. The van der Waals surface area contributed by atoms with E-state index in [2.05, 4.69) is 15.0 Å². The second-order valence-corrected chi connectivity index (χ2v) is 4.37. The van der Waals surface area contributed by atoms with E-state index in [0.29, 0.717) is 5.56 Å². The number of aromatic nitrogens is 1. The molecule has 21 heavy (non-hydrogen) atoms. The first-order valence-corrected chi connectivity index (χ1v) is 5.95. The lowest BCUT2D eigenvalue weighted by Crippen LogP contribution is -2.31. The third-order valence-electron chi connectivity index (χ3n) is 2.69. The summed E-state index contributed by atoms with van der Waals surface area (Å²) in [7, 11) is 1.47. The lowest BCUT2D eigenvalue weighted by Gasteiger charge is -2.17. The van der Waals surface area contributed by atoms with Crippen molar-refractivity contribution in [1.82, 2.24) is 10.1 Å². The summed E-state index contributed by atoms with van der Waals surface area (Å²) in [6.07, 6.45) is -3.11. The van der Waals surface area contributed by atoms with Crippen LogP contribution >= 0.6 is 0 Å². The number of benzene rings is 1. The summed E-state index contributed by atoms with van der Waals surface area (Å²) in [5, 5.41) is 5.96. The molecular weight excluding hydrogens is 287 g/mol. The van der Waals surface area contributed by atoms with E-state index in [1.807, 2.05) is 0 Å². The van der Waals surface area contributed by atoms with E-state index in [1.165, 1.54) is 36.4 Å². The Morgan fingerprint density at radius 3 is 2.76 bits per heavy atom. The number of alkyl halides is 3. The van der Waals surface area contributed by atoms with Gasteiger partial charge in [0.1, 0.15) is 6.26 Å². The van der Waals surface area contributed by atoms with Crippen LogP contribution in [0.3, 0.4) is 0 Å². The van der Waals surface area contributed by atoms with Crippen molar-refractivity contribution in [2.45, 2.75) is 12.7 Å². The van der Waals surface area contributed by atoms with E-state index < -0.39 is 17.8 Å². The Morgan fingerprint density at radius 2 is 2.14 bits per heavy atom. The molecule has 0 fully saturated rings. The highest BCUT2D eigenvalue weighted by molar-refractivity contribution is 5.87. The molecule has 0 unspecified atom stereocenters. The van der Waals surface area contributed by atoms with Crippen LogP contribution in [0, 0.1) is 0 Å². The van der Waals surface area contributed by atoms with E-state index in [-0.39, 0.29) is 12.4 Å². The van der Waals surface area contributed by atoms with E-state index in [9.17, 15) is 18.0 Å². The van der Waals surface area contributed by atoms with Crippen LogP contribution in [0.4, 0.5) is 23.8 Å². The van der Waals surface area contributed by atoms with Crippen LogP contribution in [0.1, 0.15) is 11.1 Å². The molecule has 0 spiro atoms. The highest BCUT2D eigenvalue weighted by Crippen LogP contribution is 2.29. The summed E-state index contributed by atoms with van der Waals surface area (Å²) in [5.41, 5.74) is -0.368. The molecule has 0 saturated carbocycles. The number of halogens is 3. The molecule has 1 N–H and O–H groups in total. The fourth-order valence-corrected chi connectivity index (χ4v) is 1.67. The van der Waals surface area contributed by atoms with Gasteiger partial charge in [-0.15, -0.1) is 0 Å². The molecule has 1 aromatic carbocycles. The molecule has 0 aliphatic heterocycles. The van der Waals surface area contributed by atoms with Crippen molar-refractivity contribution in [2.24, 2.45) is 0 Å². The number of carbonyl (C=O) groups excluding carboxylic acids is 1. The van der Waals surface area contributed by atoms with Gasteiger partial charge in [-0.3, -0.25) is 5.32 Å². The van der Waals surface area contributed by atoms with Crippen LogP contribution < -0.4 is 5.32 Å². The van der Waals surface area contributed by atoms with Gasteiger partial charge in [-0.1, -0.05) is 17.3 Å². The number of anilines is 1. The lowest BCUT2D eigenvalue weighted by molar-refractivity contribution is -0.137. The molecular formula is C13H12F3N3O2. The quantitative estimate of drug-likeness (QED) is 0.945. The highest BCUT2D eigenvalue weighted by Gasteiger charge is 2.30. The molecule has 0 aliphatic rings. The van der Waals surface area contributed by atoms with Gasteiger partial charge in [0.2, 0.25) is 0 Å². The van der Waals surface area contributed by atoms with Crippen LogP contribution in [0.2, 0.25) is 0 Å². The molecule has 112 valence electrons. The molecule has 0 radical (unpaired) electrons. The first kappa shape index (κ1) is 14.9. The summed E-state index contributed by atoms with van der Waals surface area (Å²) in [6, 6.07) is 5.78. The van der Waals surface area contributed by atoms with Gasteiger partial charge in [0.25, 0.3) is 0 Å². The fourth-order valence-electron chi connectivity index (χ4n) is 1.67. The Morgan fingerprint density at radius 1 is 1.38 bits per heavy atom. The average molecular weight is 299 g/mol. The zero-order valence-corrected chi connectivity index (χ0v) is 11.0. The Kier molecular flexibility index (Phi) is 4.15. The Hall–Kier alpha value is -2.51. The third-order valence-corrected chi connectivity index (χ3v) is 2.69. The number of urea groups is 1. The number of nitrogens with zero attached hydrogens (tertiary/aromatic N) is 2.